The van der Waals surface area contributed by atoms with Gasteiger partial charge in [0.05, 0.1) is 0 Å². The predicted octanol–water partition coefficient (Wildman–Crippen LogP) is 3.11. The Labute approximate surface area is 118 Å². The largest absolute Gasteiger partial charge is 0.478 e. The first kappa shape index (κ1) is 14.0. The first-order valence-electron chi connectivity index (χ1n) is 6.47. The van der Waals surface area contributed by atoms with Gasteiger partial charge in [0, 0.05) is 35.4 Å². The summed E-state index contributed by atoms with van der Waals surface area (Å²) in [5, 5.41) is 9.24. The molecule has 19 heavy (non-hydrogen) atoms. The minimum absolute atomic E-state index is 0.527. The van der Waals surface area contributed by atoms with E-state index < -0.39 is 5.97 Å². The number of rotatable bonds is 3. The summed E-state index contributed by atoms with van der Waals surface area (Å²) >= 11 is 2.02. The fourth-order valence-corrected chi connectivity index (χ4v) is 3.34. The van der Waals surface area contributed by atoms with Crippen LogP contribution in [-0.2, 0) is 4.79 Å². The number of benzene rings is 1. The van der Waals surface area contributed by atoms with Crippen LogP contribution in [0, 0.1) is 0 Å². The van der Waals surface area contributed by atoms with Crippen LogP contribution >= 0.6 is 11.8 Å². The van der Waals surface area contributed by atoms with E-state index in [4.69, 9.17) is 5.11 Å². The molecule has 0 aliphatic carbocycles. The van der Waals surface area contributed by atoms with Crippen molar-refractivity contribution in [2.45, 2.75) is 25.1 Å². The molecule has 2 rings (SSSR count). The molecule has 1 aliphatic rings. The summed E-state index contributed by atoms with van der Waals surface area (Å²) in [4.78, 5) is 12.9. The summed E-state index contributed by atoms with van der Waals surface area (Å²) in [5.41, 5.74) is 2.13. The highest BCUT2D eigenvalue weighted by Gasteiger charge is 2.24. The number of hydrogen-bond acceptors (Lipinski definition) is 3. The van der Waals surface area contributed by atoms with E-state index in [0.29, 0.717) is 11.3 Å². The van der Waals surface area contributed by atoms with Crippen LogP contribution in [0.4, 0.5) is 5.69 Å². The normalized spacial score (nSPS) is 23.8. The van der Waals surface area contributed by atoms with Gasteiger partial charge in [-0.25, -0.2) is 4.79 Å². The van der Waals surface area contributed by atoms with Crippen molar-refractivity contribution in [1.82, 2.24) is 0 Å². The average molecular weight is 277 g/mol. The Morgan fingerprint density at radius 1 is 1.37 bits per heavy atom. The standard InChI is InChI=1S/C15H19NO2S/c1-11-12(2)19-10-9-16(11)14-6-3-13(4-7-14)5-8-15(17)18/h3-8,11-12H,9-10H2,1-2H3,(H,17,18)/b8-5+. The highest BCUT2D eigenvalue weighted by molar-refractivity contribution is 8.00. The second kappa shape index (κ2) is 6.15. The molecule has 1 aromatic rings. The van der Waals surface area contributed by atoms with Crippen molar-refractivity contribution in [1.29, 1.82) is 0 Å². The summed E-state index contributed by atoms with van der Waals surface area (Å²) in [6.45, 7) is 5.60. The first-order chi connectivity index (χ1) is 9.08. The SMILES string of the molecule is CC1SCCN(c2ccc(/C=C/C(=O)O)cc2)C1C. The highest BCUT2D eigenvalue weighted by atomic mass is 32.2. The second-order valence-corrected chi connectivity index (χ2v) is 6.26. The van der Waals surface area contributed by atoms with Crippen LogP contribution in [0.5, 0.6) is 0 Å². The van der Waals surface area contributed by atoms with E-state index in [-0.39, 0.29) is 0 Å². The quantitative estimate of drug-likeness (QED) is 0.862. The molecule has 0 radical (unpaired) electrons. The molecule has 1 saturated heterocycles. The van der Waals surface area contributed by atoms with Crippen molar-refractivity contribution in [2.75, 3.05) is 17.2 Å². The van der Waals surface area contributed by atoms with Gasteiger partial charge in [0.25, 0.3) is 0 Å². The van der Waals surface area contributed by atoms with Crippen molar-refractivity contribution in [2.24, 2.45) is 0 Å². The van der Waals surface area contributed by atoms with Crippen molar-refractivity contribution < 1.29 is 9.90 Å². The van der Waals surface area contributed by atoms with Gasteiger partial charge in [0.1, 0.15) is 0 Å². The Morgan fingerprint density at radius 3 is 2.68 bits per heavy atom. The summed E-state index contributed by atoms with van der Waals surface area (Å²) in [5.74, 6) is 0.242. The minimum atomic E-state index is -0.917. The maximum Gasteiger partial charge on any atom is 0.328 e. The molecule has 0 saturated carbocycles. The molecule has 2 atom stereocenters. The number of hydrogen-bond donors (Lipinski definition) is 1. The molecule has 0 spiro atoms. The molecule has 1 fully saturated rings. The van der Waals surface area contributed by atoms with E-state index in [1.165, 1.54) is 5.69 Å². The third kappa shape index (κ3) is 3.53. The molecule has 1 aromatic carbocycles. The van der Waals surface area contributed by atoms with Gasteiger partial charge in [-0.2, -0.15) is 11.8 Å². The van der Waals surface area contributed by atoms with Crippen LogP contribution in [0.25, 0.3) is 6.08 Å². The lowest BCUT2D eigenvalue weighted by molar-refractivity contribution is -0.131. The molecule has 0 aromatic heterocycles. The molecule has 3 nitrogen and oxygen atoms in total. The molecular weight excluding hydrogens is 258 g/mol. The molecule has 0 bridgehead atoms. The number of carbonyl (C=O) groups is 1. The van der Waals surface area contributed by atoms with Crippen LogP contribution in [0.15, 0.2) is 30.3 Å². The maximum absolute atomic E-state index is 10.5. The summed E-state index contributed by atoms with van der Waals surface area (Å²) < 4.78 is 0. The molecule has 1 heterocycles. The van der Waals surface area contributed by atoms with Crippen molar-refractivity contribution in [3.63, 3.8) is 0 Å². The second-order valence-electron chi connectivity index (χ2n) is 4.77. The zero-order chi connectivity index (χ0) is 13.8. The van der Waals surface area contributed by atoms with Gasteiger partial charge in [-0.3, -0.25) is 0 Å². The van der Waals surface area contributed by atoms with Crippen LogP contribution in [-0.4, -0.2) is 34.7 Å². The van der Waals surface area contributed by atoms with E-state index >= 15 is 0 Å². The molecule has 4 heteroatoms. The van der Waals surface area contributed by atoms with Crippen LogP contribution in [0.3, 0.4) is 0 Å². The number of aliphatic carboxylic acids is 1. The van der Waals surface area contributed by atoms with Gasteiger partial charge in [0.2, 0.25) is 0 Å². The summed E-state index contributed by atoms with van der Waals surface area (Å²) in [7, 11) is 0. The molecular formula is C15H19NO2S. The zero-order valence-corrected chi connectivity index (χ0v) is 12.1. The fourth-order valence-electron chi connectivity index (χ4n) is 2.24. The lowest BCUT2D eigenvalue weighted by atomic mass is 10.1. The highest BCUT2D eigenvalue weighted by Crippen LogP contribution is 2.29. The molecule has 0 amide bonds. The van der Waals surface area contributed by atoms with Gasteiger partial charge in [-0.1, -0.05) is 19.1 Å². The number of carboxylic acids is 1. The number of carboxylic acid groups (broad SMARTS) is 1. The zero-order valence-electron chi connectivity index (χ0n) is 11.2. The van der Waals surface area contributed by atoms with Gasteiger partial charge in [-0.15, -0.1) is 0 Å². The average Bonchev–Trinajstić information content (AvgIpc) is 2.40. The fraction of sp³-hybridized carbons (Fsp3) is 0.400. The van der Waals surface area contributed by atoms with Gasteiger partial charge >= 0.3 is 5.97 Å². The first-order valence-corrected chi connectivity index (χ1v) is 7.52. The number of nitrogens with zero attached hydrogens (tertiary/aromatic N) is 1. The molecule has 1 N–H and O–H groups in total. The Hall–Kier alpha value is -1.42. The lowest BCUT2D eigenvalue weighted by Crippen LogP contribution is -2.44. The van der Waals surface area contributed by atoms with Crippen LogP contribution < -0.4 is 4.90 Å². The molecule has 1 aliphatic heterocycles. The monoisotopic (exact) mass is 277 g/mol. The van der Waals surface area contributed by atoms with Crippen molar-refractivity contribution >= 4 is 29.5 Å². The van der Waals surface area contributed by atoms with Gasteiger partial charge in [0.15, 0.2) is 0 Å². The molecule has 2 unspecified atom stereocenters. The summed E-state index contributed by atoms with van der Waals surface area (Å²) in [6, 6.07) is 8.60. The van der Waals surface area contributed by atoms with E-state index in [2.05, 4.69) is 30.9 Å². The Balaban J connectivity index is 2.11. The Morgan fingerprint density at radius 2 is 2.05 bits per heavy atom. The van der Waals surface area contributed by atoms with Crippen LogP contribution in [0.1, 0.15) is 19.4 Å². The van der Waals surface area contributed by atoms with Crippen molar-refractivity contribution in [3.8, 4) is 0 Å². The minimum Gasteiger partial charge on any atom is -0.478 e. The van der Waals surface area contributed by atoms with E-state index in [1.807, 2.05) is 23.9 Å². The van der Waals surface area contributed by atoms with E-state index in [9.17, 15) is 4.79 Å². The topological polar surface area (TPSA) is 40.5 Å². The third-order valence-corrected chi connectivity index (χ3v) is 4.86. The Bertz CT molecular complexity index is 470. The van der Waals surface area contributed by atoms with Gasteiger partial charge < -0.3 is 10.0 Å². The van der Waals surface area contributed by atoms with E-state index in [0.717, 1.165) is 23.9 Å². The number of anilines is 1. The Kier molecular flexibility index (Phi) is 4.53. The smallest absolute Gasteiger partial charge is 0.328 e. The predicted molar refractivity (Wildman–Crippen MR) is 81.8 cm³/mol. The lowest BCUT2D eigenvalue weighted by Gasteiger charge is -2.39. The summed E-state index contributed by atoms with van der Waals surface area (Å²) in [6.07, 6.45) is 2.78. The van der Waals surface area contributed by atoms with Crippen LogP contribution in [0.2, 0.25) is 0 Å². The molecule has 102 valence electrons. The van der Waals surface area contributed by atoms with Crippen molar-refractivity contribution in [3.05, 3.63) is 35.9 Å². The maximum atomic E-state index is 10.5. The third-order valence-electron chi connectivity index (χ3n) is 3.53. The van der Waals surface area contributed by atoms with E-state index in [1.54, 1.807) is 6.08 Å². The van der Waals surface area contributed by atoms with Gasteiger partial charge in [-0.05, 0) is 30.7 Å². The number of thioether (sulfide) groups is 1.